The fourth-order valence-electron chi connectivity index (χ4n) is 2.58. The highest BCUT2D eigenvalue weighted by Crippen LogP contribution is 2.39. The van der Waals surface area contributed by atoms with Crippen LogP contribution in [0.1, 0.15) is 39.5 Å². The van der Waals surface area contributed by atoms with Crippen molar-refractivity contribution in [2.45, 2.75) is 45.6 Å². The summed E-state index contributed by atoms with van der Waals surface area (Å²) in [6.45, 7) is 4.10. The van der Waals surface area contributed by atoms with E-state index < -0.39 is 0 Å². The van der Waals surface area contributed by atoms with Gasteiger partial charge in [-0.05, 0) is 25.2 Å². The van der Waals surface area contributed by atoms with Crippen molar-refractivity contribution in [3.05, 3.63) is 0 Å². The van der Waals surface area contributed by atoms with Gasteiger partial charge in [0, 0.05) is 11.5 Å². The first-order valence-electron chi connectivity index (χ1n) is 4.90. The molecule has 2 nitrogen and oxygen atoms in total. The van der Waals surface area contributed by atoms with Crippen molar-refractivity contribution in [1.82, 2.24) is 5.32 Å². The lowest BCUT2D eigenvalue weighted by molar-refractivity contribution is -0.134. The molecule has 0 radical (unpaired) electrons. The topological polar surface area (TPSA) is 29.1 Å². The van der Waals surface area contributed by atoms with Crippen molar-refractivity contribution in [3.8, 4) is 0 Å². The minimum Gasteiger partial charge on any atom is -0.353 e. The minimum atomic E-state index is -0.120. The summed E-state index contributed by atoms with van der Waals surface area (Å²) in [4.78, 5) is 11.5. The van der Waals surface area contributed by atoms with Crippen molar-refractivity contribution in [2.24, 2.45) is 11.3 Å². The molecule has 0 spiro atoms. The molecular weight excluding hydrogens is 214 g/mol. The maximum Gasteiger partial charge on any atom is 0.225 e. The normalized spacial score (nSPS) is 33.4. The molecule has 1 N–H and O–H groups in total. The molecule has 0 aromatic rings. The van der Waals surface area contributed by atoms with Crippen molar-refractivity contribution < 1.29 is 4.79 Å². The third-order valence-corrected chi connectivity index (χ3v) is 3.36. The van der Waals surface area contributed by atoms with Crippen molar-refractivity contribution in [3.63, 3.8) is 0 Å². The SMILES string of the molecule is CC1(C)C[C@H]2CCC[C@@H]2NC1=O.S.S. The van der Waals surface area contributed by atoms with Crippen LogP contribution in [0.4, 0.5) is 0 Å². The number of rotatable bonds is 0. The number of fused-ring (bicyclic) bond motifs is 1. The average molecular weight is 235 g/mol. The molecule has 1 amide bonds. The molecule has 0 bridgehead atoms. The molecule has 84 valence electrons. The van der Waals surface area contributed by atoms with Gasteiger partial charge in [0.25, 0.3) is 0 Å². The van der Waals surface area contributed by atoms with E-state index in [0.717, 1.165) is 12.3 Å². The summed E-state index contributed by atoms with van der Waals surface area (Å²) < 4.78 is 0. The molecule has 2 fully saturated rings. The molecule has 2 aliphatic rings. The number of amides is 1. The second-order valence-corrected chi connectivity index (χ2v) is 4.86. The fourth-order valence-corrected chi connectivity index (χ4v) is 2.58. The summed E-state index contributed by atoms with van der Waals surface area (Å²) in [5.74, 6) is 1.02. The zero-order valence-electron chi connectivity index (χ0n) is 8.89. The minimum absolute atomic E-state index is 0. The summed E-state index contributed by atoms with van der Waals surface area (Å²) in [6, 6.07) is 0.505. The van der Waals surface area contributed by atoms with Gasteiger partial charge in [-0.2, -0.15) is 27.0 Å². The molecule has 2 rings (SSSR count). The molecule has 1 heterocycles. The number of hydrogen-bond donors (Lipinski definition) is 1. The Balaban J connectivity index is 0.000000845. The average Bonchev–Trinajstić information content (AvgIpc) is 2.35. The molecule has 14 heavy (non-hydrogen) atoms. The molecule has 1 aliphatic heterocycles. The predicted octanol–water partition coefficient (Wildman–Crippen LogP) is 1.93. The summed E-state index contributed by atoms with van der Waals surface area (Å²) in [6.07, 6.45) is 4.90. The molecule has 0 aromatic carbocycles. The van der Waals surface area contributed by atoms with Crippen molar-refractivity contribution in [1.29, 1.82) is 0 Å². The lowest BCUT2D eigenvalue weighted by atomic mass is 9.76. The summed E-state index contributed by atoms with van der Waals surface area (Å²) in [7, 11) is 0. The Morgan fingerprint density at radius 1 is 1.29 bits per heavy atom. The Kier molecular flexibility index (Phi) is 4.85. The van der Waals surface area contributed by atoms with Gasteiger partial charge in [-0.25, -0.2) is 0 Å². The van der Waals surface area contributed by atoms with E-state index in [4.69, 9.17) is 0 Å². The van der Waals surface area contributed by atoms with E-state index in [9.17, 15) is 4.79 Å². The van der Waals surface area contributed by atoms with E-state index in [2.05, 4.69) is 19.2 Å². The van der Waals surface area contributed by atoms with Crippen LogP contribution in [0.5, 0.6) is 0 Å². The molecule has 2 atom stereocenters. The van der Waals surface area contributed by atoms with Crippen molar-refractivity contribution >= 4 is 32.9 Å². The van der Waals surface area contributed by atoms with Crippen LogP contribution in [0, 0.1) is 11.3 Å². The van der Waals surface area contributed by atoms with Gasteiger partial charge in [-0.15, -0.1) is 0 Å². The molecule has 1 saturated carbocycles. The molecule has 4 heteroatoms. The Labute approximate surface area is 100 Å². The number of hydrogen-bond acceptors (Lipinski definition) is 1. The third-order valence-electron chi connectivity index (χ3n) is 3.36. The van der Waals surface area contributed by atoms with E-state index in [0.29, 0.717) is 6.04 Å². The maximum absolute atomic E-state index is 11.5. The van der Waals surface area contributed by atoms with Crippen LogP contribution in [-0.2, 0) is 4.79 Å². The van der Waals surface area contributed by atoms with Gasteiger partial charge in [0.1, 0.15) is 0 Å². The quantitative estimate of drug-likeness (QED) is 0.683. The van der Waals surface area contributed by atoms with E-state index in [1.54, 1.807) is 0 Å². The Morgan fingerprint density at radius 3 is 2.57 bits per heavy atom. The lowest BCUT2D eigenvalue weighted by Crippen LogP contribution is -2.51. The van der Waals surface area contributed by atoms with Crippen molar-refractivity contribution in [2.75, 3.05) is 0 Å². The van der Waals surface area contributed by atoms with Crippen LogP contribution >= 0.6 is 27.0 Å². The molecule has 0 unspecified atom stereocenters. The molecule has 1 saturated heterocycles. The predicted molar refractivity (Wildman–Crippen MR) is 68.4 cm³/mol. The van der Waals surface area contributed by atoms with Gasteiger partial charge >= 0.3 is 0 Å². The van der Waals surface area contributed by atoms with E-state index >= 15 is 0 Å². The van der Waals surface area contributed by atoms with Gasteiger partial charge in [-0.3, -0.25) is 4.79 Å². The fraction of sp³-hybridized carbons (Fsp3) is 0.900. The number of carbonyl (C=O) groups is 1. The van der Waals surface area contributed by atoms with Gasteiger partial charge in [0.15, 0.2) is 0 Å². The highest BCUT2D eigenvalue weighted by molar-refractivity contribution is 7.59. The standard InChI is InChI=1S/C10H17NO.2H2S/c1-10(2)6-7-4-3-5-8(7)11-9(10)12;;/h7-8H,3-6H2,1-2H3,(H,11,12);2*1H2/t7-,8+;;/m1../s1. The van der Waals surface area contributed by atoms with Crippen LogP contribution in [0.2, 0.25) is 0 Å². The molecule has 0 aromatic heterocycles. The van der Waals surface area contributed by atoms with Crippen LogP contribution in [-0.4, -0.2) is 11.9 Å². The smallest absolute Gasteiger partial charge is 0.225 e. The summed E-state index contributed by atoms with van der Waals surface area (Å²) in [5, 5.41) is 3.13. The second kappa shape index (κ2) is 4.79. The number of nitrogens with one attached hydrogen (secondary N) is 1. The zero-order valence-corrected chi connectivity index (χ0v) is 10.9. The van der Waals surface area contributed by atoms with Crippen LogP contribution in [0.3, 0.4) is 0 Å². The highest BCUT2D eigenvalue weighted by Gasteiger charge is 2.42. The van der Waals surface area contributed by atoms with Gasteiger partial charge in [-0.1, -0.05) is 20.3 Å². The monoisotopic (exact) mass is 235 g/mol. The van der Waals surface area contributed by atoms with E-state index in [-0.39, 0.29) is 38.3 Å². The largest absolute Gasteiger partial charge is 0.353 e. The summed E-state index contributed by atoms with van der Waals surface area (Å²) >= 11 is 0. The first-order valence-corrected chi connectivity index (χ1v) is 4.90. The van der Waals surface area contributed by atoms with Crippen LogP contribution < -0.4 is 5.32 Å². The maximum atomic E-state index is 11.5. The number of piperidine rings is 1. The zero-order chi connectivity index (χ0) is 8.77. The molecule has 1 aliphatic carbocycles. The Morgan fingerprint density at radius 2 is 1.93 bits per heavy atom. The van der Waals surface area contributed by atoms with E-state index in [1.165, 1.54) is 19.3 Å². The van der Waals surface area contributed by atoms with Crippen LogP contribution in [0.15, 0.2) is 0 Å². The van der Waals surface area contributed by atoms with E-state index in [1.807, 2.05) is 0 Å². The Hall–Kier alpha value is 0.170. The van der Waals surface area contributed by atoms with Gasteiger partial charge < -0.3 is 5.32 Å². The van der Waals surface area contributed by atoms with Gasteiger partial charge in [0.2, 0.25) is 5.91 Å². The first kappa shape index (κ1) is 14.2. The molecular formula is C10H21NOS2. The number of carbonyl (C=O) groups excluding carboxylic acids is 1. The first-order chi connectivity index (χ1) is 5.59. The lowest BCUT2D eigenvalue weighted by Gasteiger charge is -2.37. The van der Waals surface area contributed by atoms with Gasteiger partial charge in [0.05, 0.1) is 0 Å². The Bertz CT molecular complexity index is 218. The van der Waals surface area contributed by atoms with Crippen LogP contribution in [0.25, 0.3) is 0 Å². The third kappa shape index (κ3) is 2.40. The highest BCUT2D eigenvalue weighted by atomic mass is 32.1. The second-order valence-electron chi connectivity index (χ2n) is 4.86. The summed E-state index contributed by atoms with van der Waals surface area (Å²) in [5.41, 5.74) is -0.120.